The zero-order chi connectivity index (χ0) is 13.8. The van der Waals surface area contributed by atoms with Crippen molar-refractivity contribution in [3.8, 4) is 0 Å². The molecular weight excluding hydrogens is 252 g/mol. The molecule has 0 unspecified atom stereocenters. The maximum Gasteiger partial charge on any atom is 0.158 e. The quantitative estimate of drug-likeness (QED) is 0.732. The number of aryl methyl sites for hydroxylation is 1. The van der Waals surface area contributed by atoms with Gasteiger partial charge in [-0.2, -0.15) is 0 Å². The van der Waals surface area contributed by atoms with Crippen LogP contribution in [-0.2, 0) is 14.6 Å². The molecule has 0 aliphatic heterocycles. The molecule has 1 aromatic heterocycles. The predicted octanol–water partition coefficient (Wildman–Crippen LogP) is 1.46. The Balaban J connectivity index is 3.04. The Hall–Kier alpha value is -1.27. The number of rotatable bonds is 6. The van der Waals surface area contributed by atoms with Gasteiger partial charge in [0.25, 0.3) is 0 Å². The molecular formula is C12H18N2O3S. The third kappa shape index (κ3) is 3.89. The molecule has 0 spiro atoms. The van der Waals surface area contributed by atoms with E-state index in [0.29, 0.717) is 5.82 Å². The Morgan fingerprint density at radius 3 is 2.44 bits per heavy atom. The fourth-order valence-corrected chi connectivity index (χ4v) is 2.02. The average molecular weight is 270 g/mol. The number of ether oxygens (including phenoxy) is 1. The van der Waals surface area contributed by atoms with Crippen LogP contribution in [0.4, 0.5) is 0 Å². The fourth-order valence-electron chi connectivity index (χ4n) is 1.37. The van der Waals surface area contributed by atoms with Gasteiger partial charge in [-0.25, -0.2) is 18.4 Å². The second-order valence-electron chi connectivity index (χ2n) is 4.20. The SMILES string of the molecule is C=CCO[C@@H](c1ncc(C)cn1)[C@H](C)S(C)(=O)=O. The smallest absolute Gasteiger partial charge is 0.158 e. The highest BCUT2D eigenvalue weighted by Gasteiger charge is 2.30. The molecule has 0 aliphatic rings. The lowest BCUT2D eigenvalue weighted by Gasteiger charge is -2.21. The van der Waals surface area contributed by atoms with Gasteiger partial charge in [-0.15, -0.1) is 6.58 Å². The minimum atomic E-state index is -3.23. The highest BCUT2D eigenvalue weighted by atomic mass is 32.2. The van der Waals surface area contributed by atoms with Crippen LogP contribution >= 0.6 is 0 Å². The molecule has 6 heteroatoms. The van der Waals surface area contributed by atoms with Crippen LogP contribution in [0.2, 0.25) is 0 Å². The van der Waals surface area contributed by atoms with Crippen LogP contribution in [0.1, 0.15) is 24.4 Å². The zero-order valence-electron chi connectivity index (χ0n) is 10.8. The minimum Gasteiger partial charge on any atom is -0.365 e. The molecule has 0 radical (unpaired) electrons. The molecule has 1 rings (SSSR count). The van der Waals surface area contributed by atoms with Crippen molar-refractivity contribution in [2.75, 3.05) is 12.9 Å². The third-order valence-electron chi connectivity index (χ3n) is 2.55. The van der Waals surface area contributed by atoms with Crippen molar-refractivity contribution in [2.24, 2.45) is 0 Å². The van der Waals surface area contributed by atoms with Crippen molar-refractivity contribution < 1.29 is 13.2 Å². The lowest BCUT2D eigenvalue weighted by atomic mass is 10.2. The van der Waals surface area contributed by atoms with Crippen LogP contribution in [0.3, 0.4) is 0 Å². The summed E-state index contributed by atoms with van der Waals surface area (Å²) >= 11 is 0. The van der Waals surface area contributed by atoms with Crippen molar-refractivity contribution in [1.82, 2.24) is 9.97 Å². The largest absolute Gasteiger partial charge is 0.365 e. The summed E-state index contributed by atoms with van der Waals surface area (Å²) in [5.41, 5.74) is 0.910. The lowest BCUT2D eigenvalue weighted by Crippen LogP contribution is -2.28. The number of nitrogens with zero attached hydrogens (tertiary/aromatic N) is 2. The van der Waals surface area contributed by atoms with E-state index >= 15 is 0 Å². The summed E-state index contributed by atoms with van der Waals surface area (Å²) in [5, 5.41) is -0.708. The summed E-state index contributed by atoms with van der Waals surface area (Å²) in [6, 6.07) is 0. The second kappa shape index (κ2) is 6.06. The normalized spacial score (nSPS) is 15.1. The van der Waals surface area contributed by atoms with Gasteiger partial charge in [-0.1, -0.05) is 6.08 Å². The van der Waals surface area contributed by atoms with E-state index in [1.54, 1.807) is 25.4 Å². The van der Waals surface area contributed by atoms with Gasteiger partial charge >= 0.3 is 0 Å². The van der Waals surface area contributed by atoms with Crippen LogP contribution in [0.15, 0.2) is 25.0 Å². The van der Waals surface area contributed by atoms with E-state index in [2.05, 4.69) is 16.5 Å². The first-order valence-electron chi connectivity index (χ1n) is 5.56. The van der Waals surface area contributed by atoms with Crippen LogP contribution in [0, 0.1) is 6.92 Å². The van der Waals surface area contributed by atoms with Gasteiger partial charge in [0.15, 0.2) is 15.7 Å². The Morgan fingerprint density at radius 2 is 2.00 bits per heavy atom. The van der Waals surface area contributed by atoms with E-state index < -0.39 is 21.2 Å². The minimum absolute atomic E-state index is 0.252. The fraction of sp³-hybridized carbons (Fsp3) is 0.500. The van der Waals surface area contributed by atoms with Crippen molar-refractivity contribution in [3.05, 3.63) is 36.4 Å². The molecule has 18 heavy (non-hydrogen) atoms. The lowest BCUT2D eigenvalue weighted by molar-refractivity contribution is 0.0670. The molecule has 5 nitrogen and oxygen atoms in total. The monoisotopic (exact) mass is 270 g/mol. The van der Waals surface area contributed by atoms with E-state index in [0.717, 1.165) is 5.56 Å². The summed E-state index contributed by atoms with van der Waals surface area (Å²) in [6.45, 7) is 7.25. The summed E-state index contributed by atoms with van der Waals surface area (Å²) in [6.07, 6.45) is 5.34. The maximum atomic E-state index is 11.6. The summed E-state index contributed by atoms with van der Waals surface area (Å²) in [5.74, 6) is 0.375. The van der Waals surface area contributed by atoms with Gasteiger partial charge in [0.2, 0.25) is 0 Å². The highest BCUT2D eigenvalue weighted by molar-refractivity contribution is 7.91. The second-order valence-corrected chi connectivity index (χ2v) is 6.60. The van der Waals surface area contributed by atoms with E-state index in [4.69, 9.17) is 4.74 Å². The molecule has 0 saturated carbocycles. The third-order valence-corrected chi connectivity index (χ3v) is 4.15. The average Bonchev–Trinajstić information content (AvgIpc) is 2.30. The van der Waals surface area contributed by atoms with Gasteiger partial charge in [-0.3, -0.25) is 0 Å². The topological polar surface area (TPSA) is 69.2 Å². The number of hydrogen-bond acceptors (Lipinski definition) is 5. The molecule has 0 aromatic carbocycles. The molecule has 0 N–H and O–H groups in total. The molecule has 0 saturated heterocycles. The van der Waals surface area contributed by atoms with Crippen LogP contribution in [0.5, 0.6) is 0 Å². The molecule has 1 heterocycles. The number of sulfone groups is 1. The Morgan fingerprint density at radius 1 is 1.44 bits per heavy atom. The van der Waals surface area contributed by atoms with E-state index in [-0.39, 0.29) is 6.61 Å². The first-order valence-corrected chi connectivity index (χ1v) is 7.51. The van der Waals surface area contributed by atoms with Crippen molar-refractivity contribution in [3.63, 3.8) is 0 Å². The zero-order valence-corrected chi connectivity index (χ0v) is 11.6. The summed E-state index contributed by atoms with van der Waals surface area (Å²) in [4.78, 5) is 8.26. The van der Waals surface area contributed by atoms with Crippen molar-refractivity contribution >= 4 is 9.84 Å². The molecule has 0 aliphatic carbocycles. The van der Waals surface area contributed by atoms with Gasteiger partial charge in [-0.05, 0) is 19.4 Å². The van der Waals surface area contributed by atoms with Gasteiger partial charge in [0.1, 0.15) is 6.10 Å². The van der Waals surface area contributed by atoms with E-state index in [1.807, 2.05) is 6.92 Å². The van der Waals surface area contributed by atoms with Crippen LogP contribution < -0.4 is 0 Å². The first-order chi connectivity index (χ1) is 8.36. The predicted molar refractivity (Wildman–Crippen MR) is 70.0 cm³/mol. The molecule has 0 amide bonds. The summed E-state index contributed by atoms with van der Waals surface area (Å²) < 4.78 is 28.7. The van der Waals surface area contributed by atoms with Gasteiger partial charge in [0.05, 0.1) is 11.9 Å². The highest BCUT2D eigenvalue weighted by Crippen LogP contribution is 2.22. The van der Waals surface area contributed by atoms with E-state index in [1.165, 1.54) is 6.26 Å². The molecule has 100 valence electrons. The van der Waals surface area contributed by atoms with Gasteiger partial charge in [0, 0.05) is 18.6 Å². The van der Waals surface area contributed by atoms with Crippen LogP contribution in [0.25, 0.3) is 0 Å². The first kappa shape index (κ1) is 14.8. The molecule has 0 bridgehead atoms. The standard InChI is InChI=1S/C12H18N2O3S/c1-5-6-17-11(10(3)18(4,15)16)12-13-7-9(2)8-14-12/h5,7-8,10-11H,1,6H2,2-4H3/t10-,11+/m0/s1. The van der Waals surface area contributed by atoms with Crippen LogP contribution in [-0.4, -0.2) is 36.5 Å². The Labute approximate surface area is 108 Å². The van der Waals surface area contributed by atoms with Gasteiger partial charge < -0.3 is 4.74 Å². The summed E-state index contributed by atoms with van der Waals surface area (Å²) in [7, 11) is -3.23. The molecule has 0 fully saturated rings. The number of aromatic nitrogens is 2. The number of hydrogen-bond donors (Lipinski definition) is 0. The molecule has 1 aromatic rings. The van der Waals surface area contributed by atoms with Crippen molar-refractivity contribution in [1.29, 1.82) is 0 Å². The Bertz CT molecular complexity index is 497. The molecule has 2 atom stereocenters. The maximum absolute atomic E-state index is 11.6. The van der Waals surface area contributed by atoms with E-state index in [9.17, 15) is 8.42 Å². The van der Waals surface area contributed by atoms with Crippen molar-refractivity contribution in [2.45, 2.75) is 25.2 Å². The Kier molecular flexibility index (Phi) is 4.98.